The molecule has 1 fully saturated rings. The van der Waals surface area contributed by atoms with Gasteiger partial charge in [-0.25, -0.2) is 4.79 Å². The van der Waals surface area contributed by atoms with Gasteiger partial charge in [0.05, 0.1) is 0 Å². The third kappa shape index (κ3) is 4.66. The zero-order valence-electron chi connectivity index (χ0n) is 16.9. The average Bonchev–Trinajstić information content (AvgIpc) is 3.01. The van der Waals surface area contributed by atoms with Crippen molar-refractivity contribution in [2.24, 2.45) is 5.41 Å². The summed E-state index contributed by atoms with van der Waals surface area (Å²) in [6.45, 7) is 7.66. The van der Waals surface area contributed by atoms with Gasteiger partial charge in [-0.15, -0.1) is 0 Å². The van der Waals surface area contributed by atoms with Crippen molar-refractivity contribution in [2.75, 3.05) is 26.0 Å². The van der Waals surface area contributed by atoms with Gasteiger partial charge < -0.3 is 20.2 Å². The van der Waals surface area contributed by atoms with E-state index in [0.717, 1.165) is 5.56 Å². The zero-order valence-corrected chi connectivity index (χ0v) is 16.9. The summed E-state index contributed by atoms with van der Waals surface area (Å²) in [6.07, 6.45) is 0.396. The van der Waals surface area contributed by atoms with Crippen LogP contribution < -0.4 is 5.32 Å². The Morgan fingerprint density at radius 2 is 1.85 bits per heavy atom. The number of anilines is 1. The van der Waals surface area contributed by atoms with Crippen LogP contribution in [0.15, 0.2) is 18.2 Å². The molecule has 2 atom stereocenters. The molecule has 2 N–H and O–H groups in total. The minimum absolute atomic E-state index is 0.000520. The van der Waals surface area contributed by atoms with E-state index in [9.17, 15) is 19.5 Å². The number of likely N-dealkylation sites (tertiary alicyclic amines) is 1. The van der Waals surface area contributed by atoms with Crippen molar-refractivity contribution in [3.05, 3.63) is 29.3 Å². The highest BCUT2D eigenvalue weighted by Crippen LogP contribution is 2.26. The molecule has 1 aliphatic heterocycles. The first-order valence-electron chi connectivity index (χ1n) is 9.04. The van der Waals surface area contributed by atoms with Crippen LogP contribution in [0.2, 0.25) is 0 Å². The van der Waals surface area contributed by atoms with E-state index >= 15 is 0 Å². The molecular weight excluding hydrogens is 346 g/mol. The molecule has 148 valence electrons. The minimum Gasteiger partial charge on any atom is -0.480 e. The van der Waals surface area contributed by atoms with Crippen LogP contribution in [0.5, 0.6) is 0 Å². The highest BCUT2D eigenvalue weighted by Gasteiger charge is 2.40. The topological polar surface area (TPSA) is 90.0 Å². The SMILES string of the molecule is Cc1ccc(C(=O)N2C[C@H](N(C)C)C[C@H]2C(=O)O)cc1NC(=O)C(C)(C)C. The quantitative estimate of drug-likeness (QED) is 0.842. The molecule has 27 heavy (non-hydrogen) atoms. The maximum Gasteiger partial charge on any atom is 0.326 e. The fourth-order valence-corrected chi connectivity index (χ4v) is 3.01. The van der Waals surface area contributed by atoms with Crippen LogP contribution in [0.4, 0.5) is 5.69 Å². The van der Waals surface area contributed by atoms with E-state index < -0.39 is 17.4 Å². The number of amides is 2. The first kappa shape index (κ1) is 20.9. The average molecular weight is 375 g/mol. The normalized spacial score (nSPS) is 20.0. The van der Waals surface area contributed by atoms with Crippen LogP contribution in [-0.4, -0.2) is 65.4 Å². The number of rotatable bonds is 4. The number of carboxylic acid groups (broad SMARTS) is 1. The molecule has 7 heteroatoms. The summed E-state index contributed by atoms with van der Waals surface area (Å²) in [7, 11) is 3.76. The first-order chi connectivity index (χ1) is 12.4. The molecule has 0 radical (unpaired) electrons. The predicted octanol–water partition coefficient (Wildman–Crippen LogP) is 2.21. The van der Waals surface area contributed by atoms with Gasteiger partial charge >= 0.3 is 5.97 Å². The van der Waals surface area contributed by atoms with Gasteiger partial charge in [-0.2, -0.15) is 0 Å². The number of hydrogen-bond acceptors (Lipinski definition) is 4. The lowest BCUT2D eigenvalue weighted by atomic mass is 9.95. The van der Waals surface area contributed by atoms with E-state index in [1.807, 2.05) is 46.7 Å². The predicted molar refractivity (Wildman–Crippen MR) is 104 cm³/mol. The molecule has 1 heterocycles. The number of benzene rings is 1. The molecule has 7 nitrogen and oxygen atoms in total. The van der Waals surface area contributed by atoms with E-state index in [4.69, 9.17) is 0 Å². The lowest BCUT2D eigenvalue weighted by Gasteiger charge is -2.23. The van der Waals surface area contributed by atoms with E-state index in [0.29, 0.717) is 24.2 Å². The molecule has 0 saturated carbocycles. The molecule has 1 aromatic rings. The van der Waals surface area contributed by atoms with Gasteiger partial charge in [-0.05, 0) is 45.1 Å². The van der Waals surface area contributed by atoms with E-state index in [2.05, 4.69) is 5.32 Å². The van der Waals surface area contributed by atoms with Crippen molar-refractivity contribution < 1.29 is 19.5 Å². The summed E-state index contributed by atoms with van der Waals surface area (Å²) < 4.78 is 0. The fourth-order valence-electron chi connectivity index (χ4n) is 3.01. The molecule has 2 amide bonds. The van der Waals surface area contributed by atoms with E-state index in [-0.39, 0.29) is 17.9 Å². The molecule has 0 bridgehead atoms. The van der Waals surface area contributed by atoms with Crippen molar-refractivity contribution >= 4 is 23.5 Å². The number of carbonyl (C=O) groups excluding carboxylic acids is 2. The summed E-state index contributed by atoms with van der Waals surface area (Å²) in [5.41, 5.74) is 1.22. The maximum absolute atomic E-state index is 13.0. The Morgan fingerprint density at radius 1 is 1.22 bits per heavy atom. The lowest BCUT2D eigenvalue weighted by Crippen LogP contribution is -2.41. The molecule has 1 aliphatic rings. The van der Waals surface area contributed by atoms with Crippen molar-refractivity contribution in [1.82, 2.24) is 9.80 Å². The summed E-state index contributed by atoms with van der Waals surface area (Å²) in [6, 6.07) is 4.22. The zero-order chi connectivity index (χ0) is 20.5. The number of carboxylic acids is 1. The number of nitrogens with zero attached hydrogens (tertiary/aromatic N) is 2. The van der Waals surface area contributed by atoms with Crippen LogP contribution in [0.25, 0.3) is 0 Å². The standard InChI is InChI=1S/C20H29N3O4/c1-12-7-8-13(9-15(12)21-19(27)20(2,3)4)17(24)23-11-14(22(5)6)10-16(23)18(25)26/h7-9,14,16H,10-11H2,1-6H3,(H,21,27)(H,25,26)/t14-,16+/m1/s1. The van der Waals surface area contributed by atoms with Crippen LogP contribution in [0.3, 0.4) is 0 Å². The number of aliphatic carboxylic acids is 1. The fraction of sp³-hybridized carbons (Fsp3) is 0.550. The van der Waals surface area contributed by atoms with Crippen molar-refractivity contribution in [1.29, 1.82) is 0 Å². The first-order valence-corrected chi connectivity index (χ1v) is 9.04. The summed E-state index contributed by atoms with van der Waals surface area (Å²) in [4.78, 5) is 40.3. The number of likely N-dealkylation sites (N-methyl/N-ethyl adjacent to an activating group) is 1. The van der Waals surface area contributed by atoms with Crippen molar-refractivity contribution in [3.63, 3.8) is 0 Å². The highest BCUT2D eigenvalue weighted by molar-refractivity contribution is 6.00. The van der Waals surface area contributed by atoms with Crippen LogP contribution in [-0.2, 0) is 9.59 Å². The Labute approximate surface area is 160 Å². The van der Waals surface area contributed by atoms with Gasteiger partial charge in [-0.1, -0.05) is 26.8 Å². The third-order valence-corrected chi connectivity index (χ3v) is 4.97. The van der Waals surface area contributed by atoms with Crippen LogP contribution >= 0.6 is 0 Å². The van der Waals surface area contributed by atoms with Crippen molar-refractivity contribution in [2.45, 2.75) is 46.2 Å². The lowest BCUT2D eigenvalue weighted by molar-refractivity contribution is -0.141. The largest absolute Gasteiger partial charge is 0.480 e. The molecule has 2 rings (SSSR count). The summed E-state index contributed by atoms with van der Waals surface area (Å²) >= 11 is 0. The monoisotopic (exact) mass is 375 g/mol. The Bertz CT molecular complexity index is 752. The van der Waals surface area contributed by atoms with Gasteiger partial charge in [0, 0.05) is 29.3 Å². The Balaban J connectivity index is 2.29. The van der Waals surface area contributed by atoms with Gasteiger partial charge in [0.15, 0.2) is 0 Å². The Hall–Kier alpha value is -2.41. The Kier molecular flexibility index (Phi) is 5.94. The molecular formula is C20H29N3O4. The van der Waals surface area contributed by atoms with Crippen LogP contribution in [0.1, 0.15) is 43.1 Å². The number of hydrogen-bond donors (Lipinski definition) is 2. The van der Waals surface area contributed by atoms with Crippen LogP contribution in [0, 0.1) is 12.3 Å². The van der Waals surface area contributed by atoms with Gasteiger partial charge in [0.2, 0.25) is 5.91 Å². The molecule has 0 spiro atoms. The number of nitrogens with one attached hydrogen (secondary N) is 1. The molecule has 1 aromatic carbocycles. The third-order valence-electron chi connectivity index (χ3n) is 4.97. The van der Waals surface area contributed by atoms with Gasteiger partial charge in [-0.3, -0.25) is 9.59 Å². The second-order valence-electron chi connectivity index (χ2n) is 8.40. The highest BCUT2D eigenvalue weighted by atomic mass is 16.4. The smallest absolute Gasteiger partial charge is 0.326 e. The minimum atomic E-state index is -0.999. The van der Waals surface area contributed by atoms with E-state index in [1.54, 1.807) is 18.2 Å². The van der Waals surface area contributed by atoms with E-state index in [1.165, 1.54) is 4.90 Å². The molecule has 1 saturated heterocycles. The van der Waals surface area contributed by atoms with Gasteiger partial charge in [0.1, 0.15) is 6.04 Å². The number of aryl methyl sites for hydroxylation is 1. The van der Waals surface area contributed by atoms with Gasteiger partial charge in [0.25, 0.3) is 5.91 Å². The maximum atomic E-state index is 13.0. The molecule has 0 aromatic heterocycles. The molecule has 0 aliphatic carbocycles. The summed E-state index contributed by atoms with van der Waals surface area (Å²) in [5.74, 6) is -1.48. The second kappa shape index (κ2) is 7.68. The summed E-state index contributed by atoms with van der Waals surface area (Å²) in [5, 5.41) is 12.4. The number of carbonyl (C=O) groups is 3. The molecule has 0 unspecified atom stereocenters. The Morgan fingerprint density at radius 3 is 2.37 bits per heavy atom. The van der Waals surface area contributed by atoms with Crippen molar-refractivity contribution in [3.8, 4) is 0 Å². The second-order valence-corrected chi connectivity index (χ2v) is 8.40.